The summed E-state index contributed by atoms with van der Waals surface area (Å²) >= 11 is 0. The zero-order valence-electron chi connectivity index (χ0n) is 16.8. The summed E-state index contributed by atoms with van der Waals surface area (Å²) in [6, 6.07) is 16.0. The van der Waals surface area contributed by atoms with Crippen molar-refractivity contribution in [2.75, 3.05) is 0 Å². The van der Waals surface area contributed by atoms with Gasteiger partial charge in [0, 0.05) is 22.0 Å². The van der Waals surface area contributed by atoms with Crippen molar-refractivity contribution in [2.24, 2.45) is 22.7 Å². The van der Waals surface area contributed by atoms with Gasteiger partial charge in [-0.1, -0.05) is 59.7 Å². The Morgan fingerprint density at radius 3 is 1.39 bits per heavy atom. The minimum Gasteiger partial charge on any atom is -0.294 e. The average Bonchev–Trinajstić information content (AvgIpc) is 2.67. The summed E-state index contributed by atoms with van der Waals surface area (Å²) in [4.78, 5) is 27.3. The topological polar surface area (TPSA) is 34.1 Å². The van der Waals surface area contributed by atoms with Crippen LogP contribution in [-0.4, -0.2) is 11.6 Å². The van der Waals surface area contributed by atoms with Gasteiger partial charge < -0.3 is 0 Å². The van der Waals surface area contributed by atoms with Crippen molar-refractivity contribution in [3.8, 4) is 0 Å². The van der Waals surface area contributed by atoms with Gasteiger partial charge in [-0.15, -0.1) is 0 Å². The van der Waals surface area contributed by atoms with Crippen molar-refractivity contribution in [3.63, 3.8) is 0 Å². The third-order valence-electron chi connectivity index (χ3n) is 7.65. The summed E-state index contributed by atoms with van der Waals surface area (Å²) in [5, 5.41) is 0. The number of benzene rings is 2. The second-order valence-electron chi connectivity index (χ2n) is 9.91. The minimum atomic E-state index is -0.334. The zero-order valence-corrected chi connectivity index (χ0v) is 16.8. The van der Waals surface area contributed by atoms with Gasteiger partial charge in [0.25, 0.3) is 0 Å². The molecule has 0 unspecified atom stereocenters. The average molecular weight is 373 g/mol. The Hall–Kier alpha value is -2.22. The van der Waals surface area contributed by atoms with Gasteiger partial charge in [0.05, 0.1) is 0 Å². The molecule has 0 saturated heterocycles. The lowest BCUT2D eigenvalue weighted by Crippen LogP contribution is -2.57. The highest BCUT2D eigenvalue weighted by molar-refractivity contribution is 6.04. The number of Topliss-reactive ketones (excluding diaryl/α,β-unsaturated/α-hetero) is 2. The summed E-state index contributed by atoms with van der Waals surface area (Å²) < 4.78 is 0. The third-order valence-corrected chi connectivity index (χ3v) is 7.65. The van der Waals surface area contributed by atoms with Crippen molar-refractivity contribution in [2.45, 2.75) is 52.4 Å². The van der Waals surface area contributed by atoms with Crippen LogP contribution in [0.1, 0.15) is 70.4 Å². The summed E-state index contributed by atoms with van der Waals surface area (Å²) in [6.45, 7) is 4.10. The summed E-state index contributed by atoms with van der Waals surface area (Å²) in [5.74, 6) is 1.60. The zero-order chi connectivity index (χ0) is 19.5. The highest BCUT2D eigenvalue weighted by Crippen LogP contribution is 2.66. The van der Waals surface area contributed by atoms with Gasteiger partial charge in [-0.05, 0) is 64.2 Å². The van der Waals surface area contributed by atoms with Gasteiger partial charge in [-0.3, -0.25) is 9.59 Å². The van der Waals surface area contributed by atoms with Crippen LogP contribution >= 0.6 is 0 Å². The molecule has 0 aromatic heterocycles. The lowest BCUT2D eigenvalue weighted by molar-refractivity contribution is -0.0730. The number of hydrogen-bond donors (Lipinski definition) is 0. The van der Waals surface area contributed by atoms with E-state index in [9.17, 15) is 9.59 Å². The maximum absolute atomic E-state index is 13.6. The van der Waals surface area contributed by atoms with Gasteiger partial charge >= 0.3 is 0 Å². The maximum atomic E-state index is 13.6. The molecule has 0 spiro atoms. The molecule has 4 aliphatic carbocycles. The van der Waals surface area contributed by atoms with E-state index in [0.717, 1.165) is 43.2 Å². The molecule has 4 saturated carbocycles. The molecule has 0 amide bonds. The van der Waals surface area contributed by atoms with Crippen LogP contribution in [0, 0.1) is 36.5 Å². The fourth-order valence-electron chi connectivity index (χ4n) is 6.82. The molecule has 28 heavy (non-hydrogen) atoms. The van der Waals surface area contributed by atoms with Crippen molar-refractivity contribution in [1.29, 1.82) is 0 Å². The van der Waals surface area contributed by atoms with E-state index in [-0.39, 0.29) is 22.4 Å². The van der Waals surface area contributed by atoms with Crippen LogP contribution in [-0.2, 0) is 0 Å². The molecule has 4 bridgehead atoms. The van der Waals surface area contributed by atoms with Gasteiger partial charge in [0.2, 0.25) is 0 Å². The number of hydrogen-bond acceptors (Lipinski definition) is 2. The molecule has 0 radical (unpaired) electrons. The summed E-state index contributed by atoms with van der Waals surface area (Å²) in [7, 11) is 0. The number of rotatable bonds is 4. The Morgan fingerprint density at radius 2 is 1.04 bits per heavy atom. The van der Waals surface area contributed by atoms with E-state index in [4.69, 9.17) is 0 Å². The molecular weight excluding hydrogens is 344 g/mol. The molecule has 4 aliphatic rings. The lowest BCUT2D eigenvalue weighted by atomic mass is 9.42. The molecule has 0 N–H and O–H groups in total. The molecule has 0 heterocycles. The van der Waals surface area contributed by atoms with Crippen molar-refractivity contribution < 1.29 is 9.59 Å². The molecule has 144 valence electrons. The molecule has 2 aromatic rings. The first-order chi connectivity index (χ1) is 13.4. The second-order valence-corrected chi connectivity index (χ2v) is 9.91. The van der Waals surface area contributed by atoms with Crippen LogP contribution < -0.4 is 0 Å². The lowest BCUT2D eigenvalue weighted by Gasteiger charge is -2.60. The van der Waals surface area contributed by atoms with E-state index in [2.05, 4.69) is 0 Å². The largest absolute Gasteiger partial charge is 0.294 e. The Morgan fingerprint density at radius 1 is 0.679 bits per heavy atom. The van der Waals surface area contributed by atoms with Gasteiger partial charge in [0.15, 0.2) is 11.6 Å². The third kappa shape index (κ3) is 2.69. The number of carbonyl (C=O) groups is 2. The first-order valence-corrected chi connectivity index (χ1v) is 10.6. The number of aryl methyl sites for hydroxylation is 2. The van der Waals surface area contributed by atoms with E-state index >= 15 is 0 Å². The molecular formula is C26H28O2. The first-order valence-electron chi connectivity index (χ1n) is 10.6. The SMILES string of the molecule is Cc1ccc(C(=O)C23CC4CC(C2)CC(C(=O)c2ccc(C)cc2)(C4)C3)cc1. The predicted octanol–water partition coefficient (Wildman–Crippen LogP) is 5.96. The molecule has 0 atom stereocenters. The maximum Gasteiger partial charge on any atom is 0.169 e. The predicted molar refractivity (Wildman–Crippen MR) is 111 cm³/mol. The van der Waals surface area contributed by atoms with E-state index in [1.807, 2.05) is 62.4 Å². The van der Waals surface area contributed by atoms with Gasteiger partial charge in [-0.25, -0.2) is 0 Å². The van der Waals surface area contributed by atoms with Crippen LogP contribution in [0.15, 0.2) is 48.5 Å². The van der Waals surface area contributed by atoms with E-state index in [1.165, 1.54) is 17.5 Å². The molecule has 6 rings (SSSR count). The van der Waals surface area contributed by atoms with Crippen molar-refractivity contribution in [3.05, 3.63) is 70.8 Å². The Labute approximate surface area is 167 Å². The highest BCUT2D eigenvalue weighted by Gasteiger charge is 2.62. The highest BCUT2D eigenvalue weighted by atomic mass is 16.1. The second kappa shape index (κ2) is 6.14. The molecule has 2 nitrogen and oxygen atoms in total. The van der Waals surface area contributed by atoms with Crippen LogP contribution in [0.3, 0.4) is 0 Å². The Bertz CT molecular complexity index is 846. The fraction of sp³-hybridized carbons (Fsp3) is 0.462. The van der Waals surface area contributed by atoms with E-state index in [0.29, 0.717) is 11.8 Å². The van der Waals surface area contributed by atoms with Crippen LogP contribution in [0.25, 0.3) is 0 Å². The van der Waals surface area contributed by atoms with Crippen LogP contribution in [0.5, 0.6) is 0 Å². The summed E-state index contributed by atoms with van der Waals surface area (Å²) in [5.41, 5.74) is 3.33. The monoisotopic (exact) mass is 372 g/mol. The van der Waals surface area contributed by atoms with Crippen LogP contribution in [0.4, 0.5) is 0 Å². The fourth-order valence-corrected chi connectivity index (χ4v) is 6.82. The quantitative estimate of drug-likeness (QED) is 0.621. The normalized spacial score (nSPS) is 33.1. The van der Waals surface area contributed by atoms with E-state index < -0.39 is 0 Å². The number of ketones is 2. The van der Waals surface area contributed by atoms with Crippen LogP contribution in [0.2, 0.25) is 0 Å². The molecule has 2 aromatic carbocycles. The number of carbonyl (C=O) groups excluding carboxylic acids is 2. The van der Waals surface area contributed by atoms with Crippen molar-refractivity contribution in [1.82, 2.24) is 0 Å². The smallest absolute Gasteiger partial charge is 0.169 e. The first kappa shape index (κ1) is 17.8. The van der Waals surface area contributed by atoms with Crippen molar-refractivity contribution >= 4 is 11.6 Å². The Balaban J connectivity index is 1.52. The van der Waals surface area contributed by atoms with Gasteiger partial charge in [0.1, 0.15) is 0 Å². The standard InChI is InChI=1S/C26H28O2/c1-17-3-7-21(8-4-17)23(27)25-12-19-11-20(13-25)15-26(14-19,16-25)24(28)22-9-5-18(2)6-10-22/h3-10,19-20H,11-16H2,1-2H3. The molecule has 2 heteroatoms. The molecule has 4 fully saturated rings. The molecule has 0 aliphatic heterocycles. The minimum absolute atomic E-state index is 0.280. The van der Waals surface area contributed by atoms with E-state index in [1.54, 1.807) is 0 Å². The summed E-state index contributed by atoms with van der Waals surface area (Å²) in [6.07, 6.45) is 5.83. The van der Waals surface area contributed by atoms with Gasteiger partial charge in [-0.2, -0.15) is 0 Å². The Kier molecular flexibility index (Phi) is 3.91.